The maximum Gasteiger partial charge on any atom is 0.222 e. The first kappa shape index (κ1) is 15.6. The number of rotatable bonds is 5. The zero-order valence-corrected chi connectivity index (χ0v) is 13.0. The van der Waals surface area contributed by atoms with E-state index in [1.54, 1.807) is 18.4 Å². The number of aromatic hydroxyl groups is 1. The predicted molar refractivity (Wildman–Crippen MR) is 84.8 cm³/mol. The normalized spacial score (nSPS) is 15.7. The van der Waals surface area contributed by atoms with Gasteiger partial charge in [-0.15, -0.1) is 0 Å². The second kappa shape index (κ2) is 7.28. The Hall–Kier alpha value is -2.34. The molecular weight excluding hydrogens is 294 g/mol. The zero-order chi connectivity index (χ0) is 16.1. The van der Waals surface area contributed by atoms with Crippen LogP contribution < -0.4 is 0 Å². The highest BCUT2D eigenvalue weighted by molar-refractivity contribution is 5.76. The summed E-state index contributed by atoms with van der Waals surface area (Å²) in [6, 6.07) is 9.04. The lowest BCUT2D eigenvalue weighted by atomic mass is 10.1. The van der Waals surface area contributed by atoms with Crippen LogP contribution in [0.3, 0.4) is 0 Å². The van der Waals surface area contributed by atoms with E-state index in [1.807, 2.05) is 23.1 Å². The van der Waals surface area contributed by atoms with E-state index in [9.17, 15) is 9.90 Å². The van der Waals surface area contributed by atoms with Crippen LogP contribution in [0.1, 0.15) is 17.7 Å². The van der Waals surface area contributed by atoms with Gasteiger partial charge in [-0.25, -0.2) is 0 Å². The lowest BCUT2D eigenvalue weighted by molar-refractivity contribution is -0.133. The van der Waals surface area contributed by atoms with Gasteiger partial charge < -0.3 is 14.5 Å². The molecule has 0 spiro atoms. The van der Waals surface area contributed by atoms with Crippen LogP contribution in [0.5, 0.6) is 5.75 Å². The summed E-state index contributed by atoms with van der Waals surface area (Å²) >= 11 is 0. The summed E-state index contributed by atoms with van der Waals surface area (Å²) < 4.78 is 4.84. The monoisotopic (exact) mass is 315 g/mol. The molecule has 1 aromatic carbocycles. The molecule has 2 heterocycles. The largest absolute Gasteiger partial charge is 0.508 e. The summed E-state index contributed by atoms with van der Waals surface area (Å²) in [6.07, 6.45) is 2.58. The lowest BCUT2D eigenvalue weighted by Gasteiger charge is -2.34. The maximum atomic E-state index is 12.3. The molecule has 0 atom stereocenters. The van der Waals surface area contributed by atoms with E-state index in [4.69, 9.17) is 4.52 Å². The first-order chi connectivity index (χ1) is 11.2. The number of carbonyl (C=O) groups is 1. The Morgan fingerprint density at radius 1 is 1.17 bits per heavy atom. The fraction of sp³-hybridized carbons (Fsp3) is 0.412. The van der Waals surface area contributed by atoms with Crippen LogP contribution in [0, 0.1) is 0 Å². The van der Waals surface area contributed by atoms with E-state index in [0.717, 1.165) is 44.0 Å². The van der Waals surface area contributed by atoms with Gasteiger partial charge >= 0.3 is 0 Å². The van der Waals surface area contributed by atoms with E-state index < -0.39 is 0 Å². The molecular formula is C17H21N3O3. The number of benzene rings is 1. The number of amides is 1. The molecule has 122 valence electrons. The Morgan fingerprint density at radius 3 is 2.65 bits per heavy atom. The highest BCUT2D eigenvalue weighted by Gasteiger charge is 2.21. The number of piperazine rings is 1. The van der Waals surface area contributed by atoms with Crippen molar-refractivity contribution < 1.29 is 14.4 Å². The third kappa shape index (κ3) is 4.10. The standard InChI is InChI=1S/C17H21N3O3/c21-16-4-2-1-3-14(16)5-6-17(22)20-10-8-19(9-11-20)13-15-7-12-23-18-15/h1-4,7,12,21H,5-6,8-11,13H2. The number of aromatic nitrogens is 1. The number of carbonyl (C=O) groups excluding carboxylic acids is 1. The first-order valence-electron chi connectivity index (χ1n) is 7.88. The number of para-hydroxylation sites is 1. The van der Waals surface area contributed by atoms with Crippen molar-refractivity contribution >= 4 is 5.91 Å². The molecule has 1 aliphatic rings. The fourth-order valence-corrected chi connectivity index (χ4v) is 2.83. The molecule has 1 N–H and O–H groups in total. The summed E-state index contributed by atoms with van der Waals surface area (Å²) in [5.41, 5.74) is 1.75. The van der Waals surface area contributed by atoms with Crippen molar-refractivity contribution in [3.05, 3.63) is 47.9 Å². The van der Waals surface area contributed by atoms with Gasteiger partial charge in [0.15, 0.2) is 0 Å². The molecule has 1 amide bonds. The van der Waals surface area contributed by atoms with Gasteiger partial charge in [0.25, 0.3) is 0 Å². The molecule has 0 bridgehead atoms. The Bertz CT molecular complexity index is 634. The Morgan fingerprint density at radius 2 is 1.96 bits per heavy atom. The van der Waals surface area contributed by atoms with Crippen molar-refractivity contribution in [2.24, 2.45) is 0 Å². The second-order valence-corrected chi connectivity index (χ2v) is 5.78. The quantitative estimate of drug-likeness (QED) is 0.908. The molecule has 3 rings (SSSR count). The van der Waals surface area contributed by atoms with Crippen molar-refractivity contribution in [3.8, 4) is 5.75 Å². The molecule has 0 saturated carbocycles. The fourth-order valence-electron chi connectivity index (χ4n) is 2.83. The van der Waals surface area contributed by atoms with Crippen LogP contribution in [-0.2, 0) is 17.8 Å². The number of phenols is 1. The van der Waals surface area contributed by atoms with Crippen LogP contribution in [-0.4, -0.2) is 52.1 Å². The lowest BCUT2D eigenvalue weighted by Crippen LogP contribution is -2.48. The average molecular weight is 315 g/mol. The van der Waals surface area contributed by atoms with E-state index in [1.165, 1.54) is 0 Å². The summed E-state index contributed by atoms with van der Waals surface area (Å²) in [6.45, 7) is 3.91. The summed E-state index contributed by atoms with van der Waals surface area (Å²) in [4.78, 5) is 16.5. The van der Waals surface area contributed by atoms with E-state index >= 15 is 0 Å². The van der Waals surface area contributed by atoms with E-state index in [2.05, 4.69) is 10.1 Å². The van der Waals surface area contributed by atoms with E-state index in [0.29, 0.717) is 12.8 Å². The number of phenolic OH excluding ortho intramolecular Hbond substituents is 1. The second-order valence-electron chi connectivity index (χ2n) is 5.78. The van der Waals surface area contributed by atoms with Crippen LogP contribution >= 0.6 is 0 Å². The third-order valence-corrected chi connectivity index (χ3v) is 4.20. The topological polar surface area (TPSA) is 69.8 Å². The van der Waals surface area contributed by atoms with Crippen molar-refractivity contribution in [2.45, 2.75) is 19.4 Å². The van der Waals surface area contributed by atoms with Crippen molar-refractivity contribution in [2.75, 3.05) is 26.2 Å². The molecule has 6 nitrogen and oxygen atoms in total. The van der Waals surface area contributed by atoms with Crippen molar-refractivity contribution in [1.29, 1.82) is 0 Å². The molecule has 23 heavy (non-hydrogen) atoms. The minimum atomic E-state index is 0.148. The van der Waals surface area contributed by atoms with Gasteiger partial charge in [-0.1, -0.05) is 23.4 Å². The zero-order valence-electron chi connectivity index (χ0n) is 13.0. The molecule has 1 aromatic heterocycles. The Balaban J connectivity index is 1.44. The molecule has 1 saturated heterocycles. The SMILES string of the molecule is O=C(CCc1ccccc1O)N1CCN(Cc2ccon2)CC1. The average Bonchev–Trinajstić information content (AvgIpc) is 3.07. The third-order valence-electron chi connectivity index (χ3n) is 4.20. The maximum absolute atomic E-state index is 12.3. The van der Waals surface area contributed by atoms with Crippen molar-refractivity contribution in [1.82, 2.24) is 15.0 Å². The molecule has 1 fully saturated rings. The minimum absolute atomic E-state index is 0.148. The van der Waals surface area contributed by atoms with Crippen LogP contribution in [0.4, 0.5) is 0 Å². The van der Waals surface area contributed by atoms with E-state index in [-0.39, 0.29) is 11.7 Å². The van der Waals surface area contributed by atoms with Crippen LogP contribution in [0.15, 0.2) is 41.1 Å². The van der Waals surface area contributed by atoms with Crippen molar-refractivity contribution in [3.63, 3.8) is 0 Å². The highest BCUT2D eigenvalue weighted by Crippen LogP contribution is 2.18. The first-order valence-corrected chi connectivity index (χ1v) is 7.88. The van der Waals surface area contributed by atoms with Gasteiger partial charge in [0.1, 0.15) is 12.0 Å². The molecule has 1 aliphatic heterocycles. The van der Waals surface area contributed by atoms with Gasteiger partial charge in [-0.3, -0.25) is 9.69 Å². The Labute approximate surface area is 135 Å². The molecule has 0 radical (unpaired) electrons. The highest BCUT2D eigenvalue weighted by atomic mass is 16.5. The number of hydrogen-bond donors (Lipinski definition) is 1. The van der Waals surface area contributed by atoms with Gasteiger partial charge in [-0.2, -0.15) is 0 Å². The number of nitrogens with zero attached hydrogens (tertiary/aromatic N) is 3. The van der Waals surface area contributed by atoms with Gasteiger partial charge in [0.05, 0.1) is 5.69 Å². The smallest absolute Gasteiger partial charge is 0.222 e. The predicted octanol–water partition coefficient (Wildman–Crippen LogP) is 1.66. The molecule has 6 heteroatoms. The van der Waals surface area contributed by atoms with Gasteiger partial charge in [0, 0.05) is 45.2 Å². The van der Waals surface area contributed by atoms with Crippen LogP contribution in [0.25, 0.3) is 0 Å². The summed E-state index contributed by atoms with van der Waals surface area (Å²) in [5, 5.41) is 13.7. The number of aryl methyl sites for hydroxylation is 1. The molecule has 2 aromatic rings. The number of hydrogen-bond acceptors (Lipinski definition) is 5. The van der Waals surface area contributed by atoms with Gasteiger partial charge in [0.2, 0.25) is 5.91 Å². The van der Waals surface area contributed by atoms with Gasteiger partial charge in [-0.05, 0) is 18.1 Å². The summed E-state index contributed by atoms with van der Waals surface area (Å²) in [7, 11) is 0. The van der Waals surface area contributed by atoms with Crippen LogP contribution in [0.2, 0.25) is 0 Å². The molecule has 0 unspecified atom stereocenters. The minimum Gasteiger partial charge on any atom is -0.508 e. The summed E-state index contributed by atoms with van der Waals surface area (Å²) in [5.74, 6) is 0.409. The Kier molecular flexibility index (Phi) is 4.92. The molecule has 0 aliphatic carbocycles.